The van der Waals surface area contributed by atoms with Gasteiger partial charge in [-0.3, -0.25) is 4.79 Å². The van der Waals surface area contributed by atoms with E-state index in [2.05, 4.69) is 5.32 Å². The summed E-state index contributed by atoms with van der Waals surface area (Å²) in [6.07, 6.45) is 3.22. The van der Waals surface area contributed by atoms with Gasteiger partial charge in [-0.05, 0) is 35.9 Å². The molecule has 1 amide bonds. The molecular weight excluding hydrogens is 278 g/mol. The second-order valence-corrected chi connectivity index (χ2v) is 4.74. The highest BCUT2D eigenvalue weighted by molar-refractivity contribution is 6.02. The lowest BCUT2D eigenvalue weighted by Gasteiger charge is -2.03. The molecule has 0 atom stereocenters. The van der Waals surface area contributed by atoms with Crippen molar-refractivity contribution in [1.29, 1.82) is 0 Å². The Balaban J connectivity index is 1.75. The molecule has 0 bridgehead atoms. The maximum absolute atomic E-state index is 11.9. The third-order valence-corrected chi connectivity index (χ3v) is 3.11. The van der Waals surface area contributed by atoms with Crippen LogP contribution in [0.5, 0.6) is 0 Å². The minimum absolute atomic E-state index is 0.222. The van der Waals surface area contributed by atoms with E-state index in [0.717, 1.165) is 10.9 Å². The molecule has 0 fully saturated rings. The van der Waals surface area contributed by atoms with E-state index in [-0.39, 0.29) is 5.91 Å². The third kappa shape index (κ3) is 3.30. The van der Waals surface area contributed by atoms with Crippen LogP contribution < -0.4 is 10.9 Å². The molecule has 0 aliphatic carbocycles. The molecule has 0 aliphatic rings. The van der Waals surface area contributed by atoms with E-state index in [0.29, 0.717) is 11.3 Å². The summed E-state index contributed by atoms with van der Waals surface area (Å²) in [4.78, 5) is 23.0. The van der Waals surface area contributed by atoms with E-state index in [1.807, 2.05) is 30.3 Å². The van der Waals surface area contributed by atoms with Crippen LogP contribution in [0.25, 0.3) is 17.0 Å². The molecule has 108 valence electrons. The molecule has 22 heavy (non-hydrogen) atoms. The van der Waals surface area contributed by atoms with Gasteiger partial charge in [0.05, 0.1) is 0 Å². The number of carbonyl (C=O) groups excluding carboxylic acids is 1. The molecule has 0 radical (unpaired) electrons. The number of anilines is 1. The third-order valence-electron chi connectivity index (χ3n) is 3.11. The van der Waals surface area contributed by atoms with E-state index in [1.54, 1.807) is 30.3 Å². The van der Waals surface area contributed by atoms with Gasteiger partial charge >= 0.3 is 5.63 Å². The molecule has 1 aromatic heterocycles. The number of hydrogen-bond acceptors (Lipinski definition) is 3. The molecule has 3 aromatic rings. The molecule has 0 unspecified atom stereocenters. The average Bonchev–Trinajstić information content (AvgIpc) is 2.54. The smallest absolute Gasteiger partial charge is 0.336 e. The van der Waals surface area contributed by atoms with Crippen molar-refractivity contribution in [3.8, 4) is 0 Å². The first-order valence-corrected chi connectivity index (χ1v) is 6.79. The fourth-order valence-electron chi connectivity index (χ4n) is 2.07. The van der Waals surface area contributed by atoms with Gasteiger partial charge in [-0.15, -0.1) is 0 Å². The Hall–Kier alpha value is -3.14. The topological polar surface area (TPSA) is 59.3 Å². The number of nitrogens with one attached hydrogen (secondary N) is 1. The quantitative estimate of drug-likeness (QED) is 0.594. The summed E-state index contributed by atoms with van der Waals surface area (Å²) < 4.78 is 5.04. The first-order chi connectivity index (χ1) is 10.7. The van der Waals surface area contributed by atoms with Crippen molar-refractivity contribution in [2.75, 3.05) is 5.32 Å². The van der Waals surface area contributed by atoms with Crippen molar-refractivity contribution < 1.29 is 9.21 Å². The molecule has 1 N–H and O–H groups in total. The molecule has 0 saturated heterocycles. The van der Waals surface area contributed by atoms with E-state index >= 15 is 0 Å². The molecule has 0 aliphatic heterocycles. The van der Waals surface area contributed by atoms with Crippen LogP contribution >= 0.6 is 0 Å². The number of carbonyl (C=O) groups is 1. The molecule has 4 nitrogen and oxygen atoms in total. The number of rotatable bonds is 3. The van der Waals surface area contributed by atoms with Crippen molar-refractivity contribution in [2.45, 2.75) is 0 Å². The van der Waals surface area contributed by atoms with Crippen LogP contribution in [0, 0.1) is 0 Å². The Morgan fingerprint density at radius 2 is 1.82 bits per heavy atom. The average molecular weight is 291 g/mol. The van der Waals surface area contributed by atoms with E-state index in [9.17, 15) is 9.59 Å². The summed E-state index contributed by atoms with van der Waals surface area (Å²) in [7, 11) is 0. The summed E-state index contributed by atoms with van der Waals surface area (Å²) in [5, 5.41) is 3.53. The molecule has 1 heterocycles. The summed E-state index contributed by atoms with van der Waals surface area (Å²) in [5.41, 5.74) is 1.70. The van der Waals surface area contributed by atoms with Gasteiger partial charge in [0.1, 0.15) is 5.58 Å². The zero-order chi connectivity index (χ0) is 15.4. The van der Waals surface area contributed by atoms with Crippen molar-refractivity contribution in [3.63, 3.8) is 0 Å². The molecule has 4 heteroatoms. The number of hydrogen-bond donors (Lipinski definition) is 1. The monoisotopic (exact) mass is 291 g/mol. The van der Waals surface area contributed by atoms with Crippen LogP contribution in [0.1, 0.15) is 5.56 Å². The lowest BCUT2D eigenvalue weighted by atomic mass is 10.2. The van der Waals surface area contributed by atoms with Crippen LogP contribution in [0.2, 0.25) is 0 Å². The molecule has 3 rings (SSSR count). The molecule has 2 aromatic carbocycles. The predicted octanol–water partition coefficient (Wildman–Crippen LogP) is 3.44. The van der Waals surface area contributed by atoms with Crippen LogP contribution in [0.3, 0.4) is 0 Å². The lowest BCUT2D eigenvalue weighted by Crippen LogP contribution is -2.07. The fourth-order valence-corrected chi connectivity index (χ4v) is 2.07. The molecular formula is C18H13NO3. The van der Waals surface area contributed by atoms with Crippen molar-refractivity contribution in [3.05, 3.63) is 82.7 Å². The highest BCUT2D eigenvalue weighted by atomic mass is 16.4. The lowest BCUT2D eigenvalue weighted by molar-refractivity contribution is -0.111. The fraction of sp³-hybridized carbons (Fsp3) is 0. The van der Waals surface area contributed by atoms with Gasteiger partial charge in [0, 0.05) is 23.2 Å². The van der Waals surface area contributed by atoms with E-state index in [4.69, 9.17) is 4.42 Å². The van der Waals surface area contributed by atoms with Gasteiger partial charge in [0.15, 0.2) is 0 Å². The second-order valence-electron chi connectivity index (χ2n) is 4.74. The maximum atomic E-state index is 11.9. The maximum Gasteiger partial charge on any atom is 0.336 e. The van der Waals surface area contributed by atoms with Gasteiger partial charge < -0.3 is 9.73 Å². The minimum Gasteiger partial charge on any atom is -0.423 e. The van der Waals surface area contributed by atoms with Gasteiger partial charge in [0.25, 0.3) is 0 Å². The van der Waals surface area contributed by atoms with Crippen molar-refractivity contribution in [2.24, 2.45) is 0 Å². The van der Waals surface area contributed by atoms with Gasteiger partial charge in [0.2, 0.25) is 5.91 Å². The van der Waals surface area contributed by atoms with Gasteiger partial charge in [-0.1, -0.05) is 30.3 Å². The van der Waals surface area contributed by atoms with Crippen molar-refractivity contribution >= 4 is 28.6 Å². The Labute approximate surface area is 126 Å². The highest BCUT2D eigenvalue weighted by Gasteiger charge is 2.01. The molecule has 0 spiro atoms. The van der Waals surface area contributed by atoms with E-state index in [1.165, 1.54) is 12.1 Å². The zero-order valence-corrected chi connectivity index (χ0v) is 11.7. The summed E-state index contributed by atoms with van der Waals surface area (Å²) in [6.45, 7) is 0. The zero-order valence-electron chi connectivity index (χ0n) is 11.7. The number of amides is 1. The van der Waals surface area contributed by atoms with Crippen molar-refractivity contribution in [1.82, 2.24) is 0 Å². The second kappa shape index (κ2) is 6.10. The molecule has 0 saturated carbocycles. The minimum atomic E-state index is -0.393. The Morgan fingerprint density at radius 3 is 2.64 bits per heavy atom. The van der Waals surface area contributed by atoms with Gasteiger partial charge in [-0.25, -0.2) is 4.79 Å². The van der Waals surface area contributed by atoms with Crippen LogP contribution in [0.4, 0.5) is 5.69 Å². The SMILES string of the molecule is O=C(C=Cc1ccccc1)Nc1ccc2oc(=O)ccc2c1. The largest absolute Gasteiger partial charge is 0.423 e. The Bertz CT molecular complexity index is 895. The standard InChI is InChI=1S/C18H13NO3/c20-17(10-6-13-4-2-1-3-5-13)19-15-8-9-16-14(12-15)7-11-18(21)22-16/h1-12H,(H,19,20). The highest BCUT2D eigenvalue weighted by Crippen LogP contribution is 2.17. The first-order valence-electron chi connectivity index (χ1n) is 6.79. The summed E-state index contributed by atoms with van der Waals surface area (Å²) in [6, 6.07) is 17.7. The van der Waals surface area contributed by atoms with Crippen LogP contribution in [-0.2, 0) is 4.79 Å². The first kappa shape index (κ1) is 13.8. The van der Waals surface area contributed by atoms with E-state index < -0.39 is 5.63 Å². The Morgan fingerprint density at radius 1 is 1.00 bits per heavy atom. The summed E-state index contributed by atoms with van der Waals surface area (Å²) in [5.74, 6) is -0.222. The van der Waals surface area contributed by atoms with Crippen LogP contribution in [-0.4, -0.2) is 5.91 Å². The summed E-state index contributed by atoms with van der Waals surface area (Å²) >= 11 is 0. The number of benzene rings is 2. The van der Waals surface area contributed by atoms with Gasteiger partial charge in [-0.2, -0.15) is 0 Å². The van der Waals surface area contributed by atoms with Crippen LogP contribution in [0.15, 0.2) is 76.0 Å². The predicted molar refractivity (Wildman–Crippen MR) is 86.6 cm³/mol. The normalized spacial score (nSPS) is 10.9. The number of fused-ring (bicyclic) bond motifs is 1. The Kier molecular flexibility index (Phi) is 3.83.